The number of methoxy groups -OCH3 is 1. The van der Waals surface area contributed by atoms with E-state index in [1.54, 1.807) is 13.2 Å². The quantitative estimate of drug-likeness (QED) is 0.723. The minimum Gasteiger partial charge on any atom is -0.383 e. The molecule has 1 aromatic carbocycles. The van der Waals surface area contributed by atoms with Gasteiger partial charge in [-0.05, 0) is 37.6 Å². The fourth-order valence-electron chi connectivity index (χ4n) is 1.77. The highest BCUT2D eigenvalue weighted by molar-refractivity contribution is 6.35. The van der Waals surface area contributed by atoms with E-state index >= 15 is 0 Å². The molecule has 1 rings (SSSR count). The van der Waals surface area contributed by atoms with Gasteiger partial charge in [0.1, 0.15) is 0 Å². The van der Waals surface area contributed by atoms with Crippen LogP contribution >= 0.6 is 23.2 Å². The first kappa shape index (κ1) is 17.2. The lowest BCUT2D eigenvalue weighted by Crippen LogP contribution is -2.41. The molecule has 4 nitrogen and oxygen atoms in total. The van der Waals surface area contributed by atoms with Crippen molar-refractivity contribution in [1.82, 2.24) is 10.6 Å². The second-order valence-electron chi connectivity index (χ2n) is 4.59. The maximum absolute atomic E-state index is 11.6. The van der Waals surface area contributed by atoms with E-state index in [9.17, 15) is 4.79 Å². The van der Waals surface area contributed by atoms with Gasteiger partial charge in [-0.1, -0.05) is 29.3 Å². The topological polar surface area (TPSA) is 50.4 Å². The van der Waals surface area contributed by atoms with E-state index in [1.807, 2.05) is 19.1 Å². The van der Waals surface area contributed by atoms with Crippen LogP contribution in [0.5, 0.6) is 0 Å². The van der Waals surface area contributed by atoms with Crippen LogP contribution in [0.1, 0.15) is 12.5 Å². The monoisotopic (exact) mass is 318 g/mol. The maximum Gasteiger partial charge on any atom is 0.234 e. The number of hydrogen-bond acceptors (Lipinski definition) is 3. The van der Waals surface area contributed by atoms with Crippen LogP contribution in [0.15, 0.2) is 18.2 Å². The van der Waals surface area contributed by atoms with Crippen molar-refractivity contribution in [1.29, 1.82) is 0 Å². The summed E-state index contributed by atoms with van der Waals surface area (Å²) in [7, 11) is 1.61. The zero-order valence-corrected chi connectivity index (χ0v) is 13.2. The van der Waals surface area contributed by atoms with Crippen molar-refractivity contribution in [3.63, 3.8) is 0 Å². The number of hydrogen-bond donors (Lipinski definition) is 2. The molecule has 1 unspecified atom stereocenters. The van der Waals surface area contributed by atoms with E-state index in [-0.39, 0.29) is 18.5 Å². The van der Waals surface area contributed by atoms with E-state index in [1.165, 1.54) is 0 Å². The van der Waals surface area contributed by atoms with Crippen LogP contribution in [0.25, 0.3) is 0 Å². The third-order valence-electron chi connectivity index (χ3n) is 2.70. The number of nitrogens with one attached hydrogen (secondary N) is 2. The molecule has 1 aromatic rings. The fraction of sp³-hybridized carbons (Fsp3) is 0.500. The summed E-state index contributed by atoms with van der Waals surface area (Å²) < 4.78 is 4.95. The van der Waals surface area contributed by atoms with Gasteiger partial charge in [0.05, 0.1) is 13.2 Å². The van der Waals surface area contributed by atoms with Crippen molar-refractivity contribution in [3.8, 4) is 0 Å². The average Bonchev–Trinajstić information content (AvgIpc) is 2.36. The first-order valence-corrected chi connectivity index (χ1v) is 7.21. The summed E-state index contributed by atoms with van der Waals surface area (Å²) >= 11 is 11.9. The predicted octanol–water partition coefficient (Wildman–Crippen LogP) is 2.28. The average molecular weight is 319 g/mol. The summed E-state index contributed by atoms with van der Waals surface area (Å²) in [6.45, 7) is 3.35. The highest BCUT2D eigenvalue weighted by Crippen LogP contribution is 2.20. The summed E-state index contributed by atoms with van der Waals surface area (Å²) in [5, 5.41) is 7.18. The Kier molecular flexibility index (Phi) is 7.92. The van der Waals surface area contributed by atoms with Crippen LogP contribution in [-0.4, -0.2) is 38.8 Å². The lowest BCUT2D eigenvalue weighted by Gasteiger charge is -2.13. The highest BCUT2D eigenvalue weighted by atomic mass is 35.5. The van der Waals surface area contributed by atoms with Crippen LogP contribution in [-0.2, 0) is 16.0 Å². The molecule has 0 saturated heterocycles. The summed E-state index contributed by atoms with van der Waals surface area (Å²) in [6.07, 6.45) is 0.747. The number of carbonyl (C=O) groups is 1. The number of carbonyl (C=O) groups excluding carboxylic acids is 1. The Labute approximate surface area is 129 Å². The van der Waals surface area contributed by atoms with Gasteiger partial charge in [-0.15, -0.1) is 0 Å². The predicted molar refractivity (Wildman–Crippen MR) is 82.5 cm³/mol. The minimum atomic E-state index is -0.0447. The van der Waals surface area contributed by atoms with Gasteiger partial charge >= 0.3 is 0 Å². The van der Waals surface area contributed by atoms with E-state index in [2.05, 4.69) is 10.6 Å². The Morgan fingerprint density at radius 3 is 2.80 bits per heavy atom. The number of ether oxygens (including phenoxy) is 1. The Morgan fingerprint density at radius 1 is 1.40 bits per heavy atom. The molecule has 0 saturated carbocycles. The van der Waals surface area contributed by atoms with Crippen LogP contribution in [0.3, 0.4) is 0 Å². The summed E-state index contributed by atoms with van der Waals surface area (Å²) in [4.78, 5) is 11.6. The fourth-order valence-corrected chi connectivity index (χ4v) is 2.27. The maximum atomic E-state index is 11.6. The molecule has 112 valence electrons. The molecular formula is C14H20Cl2N2O2. The second-order valence-corrected chi connectivity index (χ2v) is 5.43. The van der Waals surface area contributed by atoms with Gasteiger partial charge in [-0.2, -0.15) is 0 Å². The SMILES string of the molecule is COCC(C)NC(=O)CNCCc1ccc(Cl)cc1Cl. The largest absolute Gasteiger partial charge is 0.383 e. The molecule has 1 atom stereocenters. The molecule has 0 aliphatic carbocycles. The van der Waals surface area contributed by atoms with Gasteiger partial charge in [-0.25, -0.2) is 0 Å². The summed E-state index contributed by atoms with van der Waals surface area (Å²) in [5.41, 5.74) is 1.01. The molecule has 0 fully saturated rings. The molecule has 0 radical (unpaired) electrons. The Balaban J connectivity index is 2.23. The van der Waals surface area contributed by atoms with Crippen molar-refractivity contribution in [3.05, 3.63) is 33.8 Å². The minimum absolute atomic E-state index is 0.0139. The van der Waals surface area contributed by atoms with Crippen LogP contribution in [0.2, 0.25) is 10.0 Å². The molecule has 2 N–H and O–H groups in total. The van der Waals surface area contributed by atoms with Gasteiger partial charge in [0.2, 0.25) is 5.91 Å². The Bertz CT molecular complexity index is 441. The van der Waals surface area contributed by atoms with Gasteiger partial charge < -0.3 is 15.4 Å². The molecule has 1 amide bonds. The molecule has 0 aliphatic heterocycles. The normalized spacial score (nSPS) is 12.2. The first-order chi connectivity index (χ1) is 9.52. The second kappa shape index (κ2) is 9.19. The number of rotatable bonds is 8. The Hall–Kier alpha value is -0.810. The third kappa shape index (κ3) is 6.57. The summed E-state index contributed by atoms with van der Waals surface area (Å²) in [6, 6.07) is 5.44. The van der Waals surface area contributed by atoms with E-state index in [0.717, 1.165) is 12.0 Å². The van der Waals surface area contributed by atoms with Crippen LogP contribution in [0.4, 0.5) is 0 Å². The molecule has 0 bridgehead atoms. The van der Waals surface area contributed by atoms with Crippen LogP contribution in [0, 0.1) is 0 Å². The molecular weight excluding hydrogens is 299 g/mol. The standard InChI is InChI=1S/C14H20Cl2N2O2/c1-10(9-20-2)18-14(19)8-17-6-5-11-3-4-12(15)7-13(11)16/h3-4,7,10,17H,5-6,8-9H2,1-2H3,(H,18,19). The molecule has 6 heteroatoms. The van der Waals surface area contributed by atoms with Crippen molar-refractivity contribution in [2.75, 3.05) is 26.8 Å². The number of amides is 1. The highest BCUT2D eigenvalue weighted by Gasteiger charge is 2.06. The van der Waals surface area contributed by atoms with Crippen molar-refractivity contribution < 1.29 is 9.53 Å². The van der Waals surface area contributed by atoms with Crippen molar-refractivity contribution in [2.45, 2.75) is 19.4 Å². The molecule has 0 spiro atoms. The Morgan fingerprint density at radius 2 is 2.15 bits per heavy atom. The van der Waals surface area contributed by atoms with Gasteiger partial charge in [0.15, 0.2) is 0 Å². The van der Waals surface area contributed by atoms with Gasteiger partial charge in [0.25, 0.3) is 0 Å². The number of halogens is 2. The van der Waals surface area contributed by atoms with Crippen molar-refractivity contribution >= 4 is 29.1 Å². The molecule has 0 heterocycles. The van der Waals surface area contributed by atoms with E-state index in [4.69, 9.17) is 27.9 Å². The van der Waals surface area contributed by atoms with Crippen molar-refractivity contribution in [2.24, 2.45) is 0 Å². The van der Waals surface area contributed by atoms with Gasteiger partial charge in [0, 0.05) is 23.2 Å². The smallest absolute Gasteiger partial charge is 0.234 e. The summed E-state index contributed by atoms with van der Waals surface area (Å²) in [5.74, 6) is -0.0447. The zero-order valence-electron chi connectivity index (χ0n) is 11.7. The lowest BCUT2D eigenvalue weighted by molar-refractivity contribution is -0.121. The number of benzene rings is 1. The molecule has 20 heavy (non-hydrogen) atoms. The van der Waals surface area contributed by atoms with E-state index < -0.39 is 0 Å². The van der Waals surface area contributed by atoms with Gasteiger partial charge in [-0.3, -0.25) is 4.79 Å². The van der Waals surface area contributed by atoms with Crippen LogP contribution < -0.4 is 10.6 Å². The third-order valence-corrected chi connectivity index (χ3v) is 3.28. The molecule has 0 aromatic heterocycles. The first-order valence-electron chi connectivity index (χ1n) is 6.46. The lowest BCUT2D eigenvalue weighted by atomic mass is 10.1. The van der Waals surface area contributed by atoms with E-state index in [0.29, 0.717) is 23.2 Å². The zero-order chi connectivity index (χ0) is 15.0. The molecule has 0 aliphatic rings.